The number of hydrogen-bond acceptors (Lipinski definition) is 29. The quantitative estimate of drug-likeness (QED) is 0.0323. The number of carbonyl (C=O) groups excluding carboxylic acids is 1. The molecule has 0 saturated heterocycles. The largest absolute Gasteiger partial charge is 0.381 e. The predicted molar refractivity (Wildman–Crippen MR) is 557 cm³/mol. The van der Waals surface area contributed by atoms with E-state index in [1.165, 1.54) is 16.7 Å². The van der Waals surface area contributed by atoms with Gasteiger partial charge in [0.15, 0.2) is 63.0 Å². The Hall–Kier alpha value is -20.1. The molecular formula is C103H95N43O. The number of rotatable bonds is 21. The van der Waals surface area contributed by atoms with Gasteiger partial charge in [-0.3, -0.25) is 50.2 Å². The number of amides is 1. The van der Waals surface area contributed by atoms with Crippen LogP contribution in [-0.2, 0) is 35.2 Å². The van der Waals surface area contributed by atoms with Crippen molar-refractivity contribution in [3.63, 3.8) is 0 Å². The van der Waals surface area contributed by atoms with Crippen molar-refractivity contribution in [1.29, 1.82) is 5.26 Å². The maximum absolute atomic E-state index is 11.9. The first-order chi connectivity index (χ1) is 72.0. The SMILES string of the molecule is Cn1cc(-c2cnc3c(N)nc(C4=CCCNC4)cn23)cn1.Cn1cc(-c2cnc3c(Nc4ccc(-n5ccnc5)cc4)nc(C#N)cn23)cn1.Cn1cc(-c2cnc3c(Nc4ccc(-n5ccnc5)cc4)nc(C(N)=O)cn23)cn1.Cn1cc(-c2cnc3c(Nc4ccc(-n5ccnc5)cc4)nc(C4=CCCNC4)cn23)cn1.Cn1cc(-c2cnc3c(Nc4ccc(-n5ccnc5)cc4)nc(C4=CCNCC4)cn23)cn1. The number of carbonyl (C=O) groups is 1. The molecule has 44 nitrogen and oxygen atoms in total. The number of anilines is 9. The van der Waals surface area contributed by atoms with Crippen molar-refractivity contribution in [1.82, 2.24) is 175 Å². The highest BCUT2D eigenvalue weighted by molar-refractivity contribution is 5.92. The molecule has 26 rings (SSSR count). The van der Waals surface area contributed by atoms with Crippen molar-refractivity contribution in [2.45, 2.75) is 19.3 Å². The van der Waals surface area contributed by atoms with E-state index in [4.69, 9.17) is 31.4 Å². The number of nitrogen functional groups attached to an aromatic ring is 1. The van der Waals surface area contributed by atoms with Crippen LogP contribution in [0.1, 0.15) is 52.5 Å². The normalized spacial score (nSPS) is 12.9. The smallest absolute Gasteiger partial charge is 0.268 e. The maximum atomic E-state index is 11.9. The Balaban J connectivity index is 0.000000105. The molecule has 0 fully saturated rings. The zero-order valence-electron chi connectivity index (χ0n) is 80.1. The van der Waals surface area contributed by atoms with E-state index in [0.29, 0.717) is 40.2 Å². The molecule has 44 heteroatoms. The fourth-order valence-corrected chi connectivity index (χ4v) is 17.4. The average molecular weight is 1950 g/mol. The molecule has 23 aromatic rings. The number of nitrogens with zero attached hydrogens (tertiary/aromatic N) is 34. The number of nitrogens with two attached hydrogens (primary N) is 2. The lowest BCUT2D eigenvalue weighted by Gasteiger charge is -2.16. The average Bonchev–Trinajstić information content (AvgIpc) is 1.64. The number of aromatic nitrogens is 33. The molecule has 0 aliphatic carbocycles. The van der Waals surface area contributed by atoms with Gasteiger partial charge in [-0.1, -0.05) is 18.2 Å². The molecule has 0 saturated carbocycles. The van der Waals surface area contributed by atoms with Gasteiger partial charge in [0, 0.05) is 240 Å². The van der Waals surface area contributed by atoms with Gasteiger partial charge in [0.1, 0.15) is 11.8 Å². The lowest BCUT2D eigenvalue weighted by molar-refractivity contribution is 0.0995. The van der Waals surface area contributed by atoms with Gasteiger partial charge in [-0.05, 0) is 153 Å². The van der Waals surface area contributed by atoms with Crippen LogP contribution >= 0.6 is 0 Å². The van der Waals surface area contributed by atoms with Crippen molar-refractivity contribution < 1.29 is 4.79 Å². The van der Waals surface area contributed by atoms with Crippen molar-refractivity contribution in [3.05, 3.63) is 343 Å². The highest BCUT2D eigenvalue weighted by Gasteiger charge is 2.25. The van der Waals surface area contributed by atoms with Crippen molar-refractivity contribution in [2.75, 3.05) is 66.3 Å². The number of aryl methyl sites for hydroxylation is 5. The Labute approximate surface area is 837 Å². The number of hydrogen-bond donors (Lipinski definition) is 9. The van der Waals surface area contributed by atoms with Crippen LogP contribution in [0.4, 0.5) is 51.8 Å². The third kappa shape index (κ3) is 19.9. The first kappa shape index (κ1) is 92.0. The topological polar surface area (TPSA) is 488 Å². The zero-order chi connectivity index (χ0) is 100.0. The van der Waals surface area contributed by atoms with Gasteiger partial charge >= 0.3 is 0 Å². The Bertz CT molecular complexity index is 8560. The number of nitrogens with one attached hydrogen (secondary N) is 7. The summed E-state index contributed by atoms with van der Waals surface area (Å²) in [6.45, 7) is 5.42. The second-order valence-corrected chi connectivity index (χ2v) is 34.7. The number of nitriles is 1. The van der Waals surface area contributed by atoms with Gasteiger partial charge in [0.2, 0.25) is 0 Å². The summed E-state index contributed by atoms with van der Waals surface area (Å²) < 4.78 is 26.4. The molecule has 0 radical (unpaired) electrons. The zero-order valence-corrected chi connectivity index (χ0v) is 80.1. The van der Waals surface area contributed by atoms with Crippen molar-refractivity contribution >= 4 is 103 Å². The Morgan fingerprint density at radius 1 is 0.354 bits per heavy atom. The summed E-state index contributed by atoms with van der Waals surface area (Å²) in [7, 11) is 9.42. The van der Waals surface area contributed by atoms with E-state index in [1.807, 2.05) is 259 Å². The van der Waals surface area contributed by atoms with E-state index in [2.05, 4.69) is 158 Å². The minimum atomic E-state index is -0.624. The summed E-state index contributed by atoms with van der Waals surface area (Å²) in [4.78, 5) is 74.3. The van der Waals surface area contributed by atoms with E-state index in [9.17, 15) is 10.1 Å². The van der Waals surface area contributed by atoms with Gasteiger partial charge in [-0.25, -0.2) is 69.8 Å². The second kappa shape index (κ2) is 40.6. The summed E-state index contributed by atoms with van der Waals surface area (Å²) in [5, 5.41) is 54.4. The molecule has 0 atom stereocenters. The van der Waals surface area contributed by atoms with Crippen LogP contribution in [0.15, 0.2) is 314 Å². The van der Waals surface area contributed by atoms with E-state index in [-0.39, 0.29) is 11.4 Å². The summed E-state index contributed by atoms with van der Waals surface area (Å²) in [6, 6.07) is 34.0. The molecule has 728 valence electrons. The first-order valence-corrected chi connectivity index (χ1v) is 46.9. The Morgan fingerprint density at radius 3 is 0.980 bits per heavy atom. The molecule has 0 bridgehead atoms. The van der Waals surface area contributed by atoms with Gasteiger partial charge in [-0.2, -0.15) is 30.8 Å². The monoisotopic (exact) mass is 1950 g/mol. The predicted octanol–water partition coefficient (Wildman–Crippen LogP) is 13.0. The lowest BCUT2D eigenvalue weighted by atomic mass is 10.1. The molecule has 3 aliphatic rings. The summed E-state index contributed by atoms with van der Waals surface area (Å²) in [5.74, 6) is 2.19. The van der Waals surface area contributed by atoms with Gasteiger partial charge in [0.05, 0.1) is 133 Å². The van der Waals surface area contributed by atoms with Crippen LogP contribution in [0, 0.1) is 11.3 Å². The third-order valence-corrected chi connectivity index (χ3v) is 24.7. The molecule has 1 amide bonds. The van der Waals surface area contributed by atoms with Crippen LogP contribution in [0.2, 0.25) is 0 Å². The standard InChI is InChI=1S/2C24H23N9.C20H17N9O.C20H15N9.C15H17N7/c1-31-14-18(12-28-31)22-13-27-24-23(30-21(15-33(22)24)17-6-8-25-9-7-17)29-19-2-4-20(5-3-19)32-11-10-26-16-32;1-31-14-18(12-28-31)22-13-27-24-23(30-21(15-33(22)24)17-3-2-8-25-11-17)29-19-4-6-20(7-5-19)32-10-9-26-16-32;1-27-10-13(8-24-27)17-9-23-20-19(26-16(18(21)30)11-29(17)20)25-14-2-4-15(5-3-14)28-7-6-22-12-28;1-27-11-14(9-24-27)18-10-23-20-19(26-16(8-21)12-29(18)20)25-15-2-4-17(5-3-15)28-7-6-22-13-28;1-21-8-11(6-19-21)13-7-18-15-14(16)20-12(9-22(13)15)10-3-2-4-17-5-10/h2-6,10-16,25H,7-9H2,1H3,(H,29,30);3-7,9-10,12-16,25H,2,8,11H2,1H3,(H,29,30);2-12H,1H3,(H2,21,30)(H,25,26);2-7,9-13H,1H3,(H,25,26);3,6-9,17H,2,4-5H2,1H3,(H2,16,20). The fraction of sp³-hybridized carbons (Fsp3) is 0.136. The highest BCUT2D eigenvalue weighted by Crippen LogP contribution is 2.36. The van der Waals surface area contributed by atoms with Crippen molar-refractivity contribution in [2.24, 2.45) is 41.0 Å². The molecule has 4 aromatic carbocycles. The van der Waals surface area contributed by atoms with E-state index in [1.54, 1.807) is 115 Å². The number of primary amides is 1. The van der Waals surface area contributed by atoms with E-state index < -0.39 is 5.91 Å². The number of fused-ring (bicyclic) bond motifs is 5. The minimum absolute atomic E-state index is 0.128. The molecule has 22 heterocycles. The minimum Gasteiger partial charge on any atom is -0.381 e. The molecular weight excluding hydrogens is 1860 g/mol. The van der Waals surface area contributed by atoms with Crippen LogP contribution in [0.25, 0.3) is 124 Å². The lowest BCUT2D eigenvalue weighted by Crippen LogP contribution is -2.22. The van der Waals surface area contributed by atoms with Crippen LogP contribution in [-0.4, -0.2) is 204 Å². The van der Waals surface area contributed by atoms with Gasteiger partial charge in [0.25, 0.3) is 5.91 Å². The molecule has 19 aromatic heterocycles. The fourth-order valence-electron chi connectivity index (χ4n) is 17.4. The molecule has 3 aliphatic heterocycles. The maximum Gasteiger partial charge on any atom is 0.268 e. The summed E-state index contributed by atoms with van der Waals surface area (Å²) in [5.41, 5.74) is 38.7. The van der Waals surface area contributed by atoms with Gasteiger partial charge < -0.3 is 67.0 Å². The van der Waals surface area contributed by atoms with Crippen LogP contribution in [0.3, 0.4) is 0 Å². The van der Waals surface area contributed by atoms with Crippen LogP contribution in [0.5, 0.6) is 0 Å². The highest BCUT2D eigenvalue weighted by atomic mass is 16.1. The third-order valence-electron chi connectivity index (χ3n) is 24.7. The van der Waals surface area contributed by atoms with E-state index in [0.717, 1.165) is 195 Å². The second-order valence-electron chi connectivity index (χ2n) is 34.7. The van der Waals surface area contributed by atoms with Crippen molar-refractivity contribution in [3.8, 4) is 85.1 Å². The molecule has 11 N–H and O–H groups in total. The summed E-state index contributed by atoms with van der Waals surface area (Å²) >= 11 is 0. The van der Waals surface area contributed by atoms with E-state index >= 15 is 0 Å². The van der Waals surface area contributed by atoms with Crippen LogP contribution < -0.4 is 48.7 Å². The first-order valence-electron chi connectivity index (χ1n) is 46.9. The Kier molecular flexibility index (Phi) is 25.4. The molecule has 0 unspecified atom stereocenters. The molecule has 0 spiro atoms. The summed E-state index contributed by atoms with van der Waals surface area (Å²) in [6.07, 6.45) is 68.4. The number of imidazole rings is 9. The number of benzene rings is 4. The van der Waals surface area contributed by atoms with Gasteiger partial charge in [-0.15, -0.1) is 0 Å². The molecule has 147 heavy (non-hydrogen) atoms. The Morgan fingerprint density at radius 2 is 0.673 bits per heavy atom.